The number of amides is 3. The molecule has 3 rings (SSSR count). The van der Waals surface area contributed by atoms with Gasteiger partial charge in [0, 0.05) is 36.6 Å². The Balaban J connectivity index is 1.61. The number of anilines is 1. The summed E-state index contributed by atoms with van der Waals surface area (Å²) >= 11 is 0. The predicted octanol–water partition coefficient (Wildman–Crippen LogP) is 3.22. The van der Waals surface area contributed by atoms with Gasteiger partial charge >= 0.3 is 12.1 Å². The molecule has 2 aromatic rings. The van der Waals surface area contributed by atoms with Crippen molar-refractivity contribution in [2.75, 3.05) is 32.1 Å². The quantitative estimate of drug-likeness (QED) is 0.608. The lowest BCUT2D eigenvalue weighted by molar-refractivity contribution is -0.139. The van der Waals surface area contributed by atoms with Crippen LogP contribution in [0.25, 0.3) is 0 Å². The average molecular weight is 485 g/mol. The number of piperidine rings is 1. The molecule has 0 radical (unpaired) electrons. The maximum Gasteiger partial charge on any atom is 0.410 e. The first kappa shape index (κ1) is 25.8. The molecule has 0 bridgehead atoms. The highest BCUT2D eigenvalue weighted by molar-refractivity contribution is 6.04. The zero-order chi connectivity index (χ0) is 25.6. The van der Waals surface area contributed by atoms with E-state index in [9.17, 15) is 19.2 Å². The first-order valence-electron chi connectivity index (χ1n) is 11.5. The Labute approximate surface area is 204 Å². The van der Waals surface area contributed by atoms with Gasteiger partial charge in [-0.3, -0.25) is 14.4 Å². The SMILES string of the molecule is COC(=O)CNC(=O)c1cccc(NC(=O)c2cccn2C2CCN(C(=O)OC(C)(C)C)CC2)c1. The summed E-state index contributed by atoms with van der Waals surface area (Å²) in [6.07, 6.45) is 2.94. The lowest BCUT2D eigenvalue weighted by atomic mass is 10.0. The van der Waals surface area contributed by atoms with E-state index in [1.807, 2.05) is 37.6 Å². The summed E-state index contributed by atoms with van der Waals surface area (Å²) in [5.74, 6) is -1.32. The van der Waals surface area contributed by atoms with Crippen LogP contribution in [-0.2, 0) is 14.3 Å². The second kappa shape index (κ2) is 11.1. The summed E-state index contributed by atoms with van der Waals surface area (Å²) < 4.78 is 11.9. The number of carbonyl (C=O) groups is 4. The van der Waals surface area contributed by atoms with Gasteiger partial charge in [0.1, 0.15) is 17.8 Å². The Kier molecular flexibility index (Phi) is 8.16. The monoisotopic (exact) mass is 484 g/mol. The largest absolute Gasteiger partial charge is 0.468 e. The van der Waals surface area contributed by atoms with Crippen LogP contribution in [-0.4, -0.2) is 65.7 Å². The van der Waals surface area contributed by atoms with E-state index in [0.717, 1.165) is 0 Å². The van der Waals surface area contributed by atoms with Gasteiger partial charge in [0.05, 0.1) is 7.11 Å². The molecule has 1 saturated heterocycles. The topological polar surface area (TPSA) is 119 Å². The molecule has 10 heteroatoms. The molecular formula is C25H32N4O6. The van der Waals surface area contributed by atoms with E-state index in [1.165, 1.54) is 13.2 Å². The van der Waals surface area contributed by atoms with Gasteiger partial charge in [-0.15, -0.1) is 0 Å². The Morgan fingerprint density at radius 3 is 2.40 bits per heavy atom. The van der Waals surface area contributed by atoms with Crippen LogP contribution < -0.4 is 10.6 Å². The number of likely N-dealkylation sites (tertiary alicyclic amines) is 1. The molecular weight excluding hydrogens is 452 g/mol. The van der Waals surface area contributed by atoms with Gasteiger partial charge < -0.3 is 29.6 Å². The van der Waals surface area contributed by atoms with Crippen molar-refractivity contribution in [2.45, 2.75) is 45.3 Å². The van der Waals surface area contributed by atoms with Gasteiger partial charge in [0.25, 0.3) is 11.8 Å². The smallest absolute Gasteiger partial charge is 0.410 e. The van der Waals surface area contributed by atoms with E-state index in [4.69, 9.17) is 4.74 Å². The lowest BCUT2D eigenvalue weighted by Gasteiger charge is -2.34. The fraction of sp³-hybridized carbons (Fsp3) is 0.440. The van der Waals surface area contributed by atoms with Crippen molar-refractivity contribution in [3.63, 3.8) is 0 Å². The van der Waals surface area contributed by atoms with Crippen LogP contribution in [0.15, 0.2) is 42.6 Å². The minimum atomic E-state index is -0.555. The van der Waals surface area contributed by atoms with Crippen molar-refractivity contribution < 1.29 is 28.7 Å². The third kappa shape index (κ3) is 7.08. The van der Waals surface area contributed by atoms with Crippen molar-refractivity contribution in [2.24, 2.45) is 0 Å². The number of nitrogens with one attached hydrogen (secondary N) is 2. The molecule has 2 N–H and O–H groups in total. The van der Waals surface area contributed by atoms with Gasteiger partial charge in [-0.05, 0) is 63.9 Å². The maximum atomic E-state index is 13.0. The number of benzene rings is 1. The van der Waals surface area contributed by atoms with Crippen LogP contribution >= 0.6 is 0 Å². The van der Waals surface area contributed by atoms with Gasteiger partial charge in [-0.1, -0.05) is 6.07 Å². The molecule has 1 aliphatic rings. The predicted molar refractivity (Wildman–Crippen MR) is 129 cm³/mol. The van der Waals surface area contributed by atoms with Gasteiger partial charge in [0.15, 0.2) is 0 Å². The summed E-state index contributed by atoms with van der Waals surface area (Å²) in [5.41, 5.74) is 0.699. The first-order valence-corrected chi connectivity index (χ1v) is 11.5. The molecule has 0 unspecified atom stereocenters. The number of rotatable bonds is 6. The molecule has 0 spiro atoms. The highest BCUT2D eigenvalue weighted by atomic mass is 16.6. The Bertz CT molecular complexity index is 1080. The summed E-state index contributed by atoms with van der Waals surface area (Å²) in [6.45, 7) is 6.36. The zero-order valence-corrected chi connectivity index (χ0v) is 20.5. The summed E-state index contributed by atoms with van der Waals surface area (Å²) in [5, 5.41) is 5.30. The third-order valence-electron chi connectivity index (χ3n) is 5.52. The molecule has 3 amide bonds. The second-order valence-corrected chi connectivity index (χ2v) is 9.29. The van der Waals surface area contributed by atoms with E-state index in [-0.39, 0.29) is 24.6 Å². The number of carbonyl (C=O) groups excluding carboxylic acids is 4. The van der Waals surface area contributed by atoms with Crippen LogP contribution in [0, 0.1) is 0 Å². The molecule has 0 saturated carbocycles. The summed E-state index contributed by atoms with van der Waals surface area (Å²) in [4.78, 5) is 50.6. The maximum absolute atomic E-state index is 13.0. The standard InChI is InChI=1S/C25H32N4O6/c1-25(2,3)35-24(33)28-13-10-19(11-14-28)29-12-6-9-20(29)23(32)27-18-8-5-7-17(15-18)22(31)26-16-21(30)34-4/h5-9,12,15,19H,10-11,13-14,16H2,1-4H3,(H,26,31)(H,27,32). The molecule has 1 aromatic carbocycles. The van der Waals surface area contributed by atoms with E-state index < -0.39 is 17.5 Å². The normalized spacial score (nSPS) is 14.2. The fourth-order valence-corrected chi connectivity index (χ4v) is 3.82. The molecule has 0 aliphatic carbocycles. The third-order valence-corrected chi connectivity index (χ3v) is 5.52. The second-order valence-electron chi connectivity index (χ2n) is 9.29. The first-order chi connectivity index (χ1) is 16.6. The van der Waals surface area contributed by atoms with E-state index >= 15 is 0 Å². The number of methoxy groups -OCH3 is 1. The van der Waals surface area contributed by atoms with Crippen LogP contribution in [0.1, 0.15) is 60.5 Å². The number of aromatic nitrogens is 1. The minimum Gasteiger partial charge on any atom is -0.468 e. The highest BCUT2D eigenvalue weighted by Crippen LogP contribution is 2.26. The van der Waals surface area contributed by atoms with Crippen molar-refractivity contribution >= 4 is 29.6 Å². The minimum absolute atomic E-state index is 0.0693. The molecule has 1 fully saturated rings. The average Bonchev–Trinajstić information content (AvgIpc) is 3.31. The van der Waals surface area contributed by atoms with Gasteiger partial charge in [-0.25, -0.2) is 4.79 Å². The van der Waals surface area contributed by atoms with Crippen molar-refractivity contribution in [1.29, 1.82) is 0 Å². The van der Waals surface area contributed by atoms with Crippen molar-refractivity contribution in [3.05, 3.63) is 53.9 Å². The van der Waals surface area contributed by atoms with Gasteiger partial charge in [-0.2, -0.15) is 0 Å². The molecule has 1 aliphatic heterocycles. The zero-order valence-electron chi connectivity index (χ0n) is 20.5. The fourth-order valence-electron chi connectivity index (χ4n) is 3.82. The molecule has 10 nitrogen and oxygen atoms in total. The van der Waals surface area contributed by atoms with E-state index in [1.54, 1.807) is 29.2 Å². The highest BCUT2D eigenvalue weighted by Gasteiger charge is 2.28. The molecule has 2 heterocycles. The molecule has 0 atom stereocenters. The van der Waals surface area contributed by atoms with Crippen molar-refractivity contribution in [1.82, 2.24) is 14.8 Å². The number of ether oxygens (including phenoxy) is 2. The Hall–Kier alpha value is -3.82. The Morgan fingerprint density at radius 2 is 1.74 bits per heavy atom. The molecule has 35 heavy (non-hydrogen) atoms. The Morgan fingerprint density at radius 1 is 1.03 bits per heavy atom. The number of esters is 1. The molecule has 188 valence electrons. The lowest BCUT2D eigenvalue weighted by Crippen LogP contribution is -2.42. The van der Waals surface area contributed by atoms with E-state index in [2.05, 4.69) is 15.4 Å². The summed E-state index contributed by atoms with van der Waals surface area (Å²) in [7, 11) is 1.24. The van der Waals surface area contributed by atoms with Crippen LogP contribution in [0.4, 0.5) is 10.5 Å². The van der Waals surface area contributed by atoms with Gasteiger partial charge in [0.2, 0.25) is 0 Å². The molecule has 1 aromatic heterocycles. The van der Waals surface area contributed by atoms with Crippen LogP contribution in [0.5, 0.6) is 0 Å². The number of hydrogen-bond donors (Lipinski definition) is 2. The van der Waals surface area contributed by atoms with Crippen LogP contribution in [0.2, 0.25) is 0 Å². The number of nitrogens with zero attached hydrogens (tertiary/aromatic N) is 2. The number of hydrogen-bond acceptors (Lipinski definition) is 6. The van der Waals surface area contributed by atoms with Crippen molar-refractivity contribution in [3.8, 4) is 0 Å². The van der Waals surface area contributed by atoms with Crippen LogP contribution in [0.3, 0.4) is 0 Å². The van der Waals surface area contributed by atoms with E-state index in [0.29, 0.717) is 42.9 Å². The summed E-state index contributed by atoms with van der Waals surface area (Å²) in [6, 6.07) is 10.1.